The fraction of sp³-hybridized carbons (Fsp3) is 0.115. The van der Waals surface area contributed by atoms with Gasteiger partial charge in [-0.25, -0.2) is 0 Å². The van der Waals surface area contributed by atoms with E-state index in [4.69, 9.17) is 13.9 Å². The summed E-state index contributed by atoms with van der Waals surface area (Å²) < 4.78 is 16.9. The van der Waals surface area contributed by atoms with Crippen molar-refractivity contribution in [1.29, 1.82) is 0 Å². The van der Waals surface area contributed by atoms with Gasteiger partial charge in [0.05, 0.1) is 21.6 Å². The van der Waals surface area contributed by atoms with Crippen molar-refractivity contribution < 1.29 is 28.5 Å². The minimum absolute atomic E-state index is 0.0181. The van der Waals surface area contributed by atoms with E-state index in [0.717, 1.165) is 11.1 Å². The third-order valence-electron chi connectivity index (χ3n) is 5.10. The van der Waals surface area contributed by atoms with Crippen LogP contribution in [0.4, 0.5) is 17.1 Å². The number of rotatable bonds is 9. The molecule has 188 valence electrons. The first kappa shape index (κ1) is 24.9. The SMILES string of the molecule is Cc1cc(C)cc(Oc2cc(NC(=O)c3ccc(COc4ccc([N+](=O)[O-])cc4)o3)cc([N+](=O)[O-])c2)c1. The number of nitro benzene ring substituents is 2. The van der Waals surface area contributed by atoms with Gasteiger partial charge in [0.2, 0.25) is 0 Å². The van der Waals surface area contributed by atoms with E-state index in [-0.39, 0.29) is 35.2 Å². The molecule has 0 radical (unpaired) electrons. The maximum Gasteiger partial charge on any atom is 0.291 e. The zero-order valence-corrected chi connectivity index (χ0v) is 19.8. The van der Waals surface area contributed by atoms with Crippen LogP contribution in [0.3, 0.4) is 0 Å². The van der Waals surface area contributed by atoms with E-state index in [9.17, 15) is 25.0 Å². The molecule has 3 aromatic carbocycles. The Balaban J connectivity index is 1.45. The van der Waals surface area contributed by atoms with Gasteiger partial charge in [0, 0.05) is 24.3 Å². The predicted molar refractivity (Wildman–Crippen MR) is 133 cm³/mol. The molecular weight excluding hydrogens is 482 g/mol. The summed E-state index contributed by atoms with van der Waals surface area (Å²) in [6.45, 7) is 3.80. The van der Waals surface area contributed by atoms with E-state index in [1.54, 1.807) is 18.2 Å². The number of nitro groups is 2. The smallest absolute Gasteiger partial charge is 0.291 e. The molecule has 0 spiro atoms. The summed E-state index contributed by atoms with van der Waals surface area (Å²) in [4.78, 5) is 33.8. The Labute approximate surface area is 210 Å². The van der Waals surface area contributed by atoms with Crippen LogP contribution in [0.1, 0.15) is 27.4 Å². The van der Waals surface area contributed by atoms with Gasteiger partial charge in [0.15, 0.2) is 5.76 Å². The second kappa shape index (κ2) is 10.6. The fourth-order valence-corrected chi connectivity index (χ4v) is 3.54. The number of furan rings is 1. The number of carbonyl (C=O) groups excluding carboxylic acids is 1. The van der Waals surface area contributed by atoms with E-state index < -0.39 is 15.8 Å². The molecule has 4 rings (SSSR count). The van der Waals surface area contributed by atoms with Crippen LogP contribution in [0.2, 0.25) is 0 Å². The van der Waals surface area contributed by atoms with Crippen molar-refractivity contribution in [3.63, 3.8) is 0 Å². The van der Waals surface area contributed by atoms with Crippen molar-refractivity contribution >= 4 is 23.0 Å². The number of amides is 1. The first-order valence-electron chi connectivity index (χ1n) is 11.0. The Morgan fingerprint density at radius 2 is 1.46 bits per heavy atom. The first-order chi connectivity index (χ1) is 17.7. The molecule has 0 saturated carbocycles. The van der Waals surface area contributed by atoms with Gasteiger partial charge >= 0.3 is 0 Å². The highest BCUT2D eigenvalue weighted by Crippen LogP contribution is 2.31. The maximum absolute atomic E-state index is 12.7. The van der Waals surface area contributed by atoms with Crippen LogP contribution in [-0.2, 0) is 6.61 Å². The number of nitrogens with zero attached hydrogens (tertiary/aromatic N) is 2. The molecule has 0 aliphatic carbocycles. The Bertz CT molecular complexity index is 1460. The highest BCUT2D eigenvalue weighted by Gasteiger charge is 2.17. The molecule has 0 unspecified atom stereocenters. The Morgan fingerprint density at radius 3 is 2.11 bits per heavy atom. The molecule has 0 bridgehead atoms. The standard InChI is InChI=1S/C26H21N3O8/c1-16-9-17(2)11-23(10-16)36-24-13-18(12-20(14-24)29(33)34)27-26(30)25-8-7-22(37-25)15-35-21-5-3-19(4-6-21)28(31)32/h3-14H,15H2,1-2H3,(H,27,30). The second-order valence-corrected chi connectivity index (χ2v) is 8.16. The maximum atomic E-state index is 12.7. The van der Waals surface area contributed by atoms with Gasteiger partial charge in [0.25, 0.3) is 17.3 Å². The minimum Gasteiger partial charge on any atom is -0.486 e. The van der Waals surface area contributed by atoms with Gasteiger partial charge in [0.1, 0.15) is 29.6 Å². The summed E-state index contributed by atoms with van der Waals surface area (Å²) in [7, 11) is 0. The molecule has 1 amide bonds. The van der Waals surface area contributed by atoms with Crippen molar-refractivity contribution in [2.75, 3.05) is 5.32 Å². The summed E-state index contributed by atoms with van der Waals surface area (Å²) in [5, 5.41) is 24.8. The lowest BCUT2D eigenvalue weighted by molar-refractivity contribution is -0.385. The number of hydrogen-bond acceptors (Lipinski definition) is 8. The number of anilines is 1. The topological polar surface area (TPSA) is 147 Å². The quantitative estimate of drug-likeness (QED) is 0.206. The van der Waals surface area contributed by atoms with Gasteiger partial charge in [-0.1, -0.05) is 6.07 Å². The van der Waals surface area contributed by atoms with E-state index in [1.165, 1.54) is 48.5 Å². The van der Waals surface area contributed by atoms with Crippen molar-refractivity contribution in [2.45, 2.75) is 20.5 Å². The average Bonchev–Trinajstić information content (AvgIpc) is 3.31. The molecular formula is C26H21N3O8. The molecule has 1 aromatic heterocycles. The average molecular weight is 503 g/mol. The van der Waals surface area contributed by atoms with Gasteiger partial charge in [-0.2, -0.15) is 0 Å². The molecule has 0 fully saturated rings. The molecule has 0 atom stereocenters. The van der Waals surface area contributed by atoms with Crippen LogP contribution in [0, 0.1) is 34.1 Å². The summed E-state index contributed by atoms with van der Waals surface area (Å²) >= 11 is 0. The molecule has 1 N–H and O–H groups in total. The molecule has 0 saturated heterocycles. The van der Waals surface area contributed by atoms with Crippen molar-refractivity contribution in [1.82, 2.24) is 0 Å². The first-order valence-corrected chi connectivity index (χ1v) is 11.0. The Kier molecular flexibility index (Phi) is 7.14. The lowest BCUT2D eigenvalue weighted by Gasteiger charge is -2.10. The molecule has 4 aromatic rings. The number of benzene rings is 3. The monoisotopic (exact) mass is 503 g/mol. The van der Waals surface area contributed by atoms with Crippen LogP contribution < -0.4 is 14.8 Å². The minimum atomic E-state index is -0.626. The van der Waals surface area contributed by atoms with Gasteiger partial charge in [-0.05, 0) is 61.4 Å². The number of aryl methyl sites for hydroxylation is 2. The Hall–Kier alpha value is -5.19. The third kappa shape index (κ3) is 6.48. The van der Waals surface area contributed by atoms with Gasteiger partial charge in [-0.15, -0.1) is 0 Å². The second-order valence-electron chi connectivity index (χ2n) is 8.16. The lowest BCUT2D eigenvalue weighted by atomic mass is 10.1. The highest BCUT2D eigenvalue weighted by molar-refractivity contribution is 6.02. The van der Waals surface area contributed by atoms with Crippen LogP contribution in [0.15, 0.2) is 77.2 Å². The van der Waals surface area contributed by atoms with Crippen molar-refractivity contribution in [2.24, 2.45) is 0 Å². The van der Waals surface area contributed by atoms with E-state index in [0.29, 0.717) is 17.3 Å². The normalized spacial score (nSPS) is 10.5. The summed E-state index contributed by atoms with van der Waals surface area (Å²) in [5.41, 5.74) is 1.78. The number of non-ortho nitro benzene ring substituents is 2. The lowest BCUT2D eigenvalue weighted by Crippen LogP contribution is -2.11. The largest absolute Gasteiger partial charge is 0.486 e. The number of hydrogen-bond donors (Lipinski definition) is 1. The predicted octanol–water partition coefficient (Wildman–Crippen LogP) is 6.34. The van der Waals surface area contributed by atoms with E-state index >= 15 is 0 Å². The zero-order chi connectivity index (χ0) is 26.5. The van der Waals surface area contributed by atoms with Crippen LogP contribution in [-0.4, -0.2) is 15.8 Å². The van der Waals surface area contributed by atoms with E-state index in [1.807, 2.05) is 19.9 Å². The van der Waals surface area contributed by atoms with E-state index in [2.05, 4.69) is 5.32 Å². The summed E-state index contributed by atoms with van der Waals surface area (Å²) in [6, 6.07) is 18.0. The van der Waals surface area contributed by atoms with Gasteiger partial charge in [-0.3, -0.25) is 25.0 Å². The number of nitrogens with one attached hydrogen (secondary N) is 1. The molecule has 0 aliphatic rings. The van der Waals surface area contributed by atoms with Crippen molar-refractivity contribution in [3.8, 4) is 17.2 Å². The van der Waals surface area contributed by atoms with Crippen LogP contribution in [0.25, 0.3) is 0 Å². The zero-order valence-electron chi connectivity index (χ0n) is 19.8. The third-order valence-corrected chi connectivity index (χ3v) is 5.10. The van der Waals surface area contributed by atoms with Crippen LogP contribution in [0.5, 0.6) is 17.2 Å². The van der Waals surface area contributed by atoms with Crippen LogP contribution >= 0.6 is 0 Å². The highest BCUT2D eigenvalue weighted by atomic mass is 16.6. The summed E-state index contributed by atoms with van der Waals surface area (Å²) in [5.74, 6) is 0.762. The molecule has 0 aliphatic heterocycles. The molecule has 11 heteroatoms. The summed E-state index contributed by atoms with van der Waals surface area (Å²) in [6.07, 6.45) is 0. The fourth-order valence-electron chi connectivity index (χ4n) is 3.54. The number of carbonyl (C=O) groups is 1. The molecule has 1 heterocycles. The van der Waals surface area contributed by atoms with Crippen molar-refractivity contribution in [3.05, 3.63) is 116 Å². The van der Waals surface area contributed by atoms with Gasteiger partial charge < -0.3 is 19.2 Å². The molecule has 37 heavy (non-hydrogen) atoms. The number of ether oxygens (including phenoxy) is 2. The molecule has 11 nitrogen and oxygen atoms in total. The Morgan fingerprint density at radius 1 is 0.811 bits per heavy atom.